The number of thiazole rings is 1. The first kappa shape index (κ1) is 14.2. The van der Waals surface area contributed by atoms with Gasteiger partial charge in [0.25, 0.3) is 0 Å². The number of carbonyl (C=O) groups is 1. The summed E-state index contributed by atoms with van der Waals surface area (Å²) in [4.78, 5) is 14.8. The lowest BCUT2D eigenvalue weighted by molar-refractivity contribution is -0.138. The zero-order valence-corrected chi connectivity index (χ0v) is 11.7. The molecule has 0 bridgehead atoms. The number of nitrogens with one attached hydrogen (secondary N) is 1. The number of nitrogens with zero attached hydrogens (tertiary/aromatic N) is 1. The van der Waals surface area contributed by atoms with Gasteiger partial charge >= 0.3 is 5.97 Å². The molecule has 7 nitrogen and oxygen atoms in total. The Labute approximate surface area is 114 Å². The summed E-state index contributed by atoms with van der Waals surface area (Å²) in [7, 11) is -2.88. The zero-order chi connectivity index (χ0) is 14.0. The van der Waals surface area contributed by atoms with Crippen LogP contribution in [0.5, 0.6) is 0 Å². The van der Waals surface area contributed by atoms with E-state index in [1.54, 1.807) is 5.38 Å². The average molecular weight is 305 g/mol. The maximum absolute atomic E-state index is 11.3. The van der Waals surface area contributed by atoms with Crippen LogP contribution < -0.4 is 11.1 Å². The van der Waals surface area contributed by atoms with Crippen LogP contribution >= 0.6 is 11.3 Å². The maximum Gasteiger partial charge on any atom is 0.326 e. The van der Waals surface area contributed by atoms with Gasteiger partial charge in [-0.3, -0.25) is 4.79 Å². The summed E-state index contributed by atoms with van der Waals surface area (Å²) in [6.07, 6.45) is 1.09. The van der Waals surface area contributed by atoms with E-state index >= 15 is 0 Å². The van der Waals surface area contributed by atoms with Crippen molar-refractivity contribution in [2.24, 2.45) is 5.73 Å². The fourth-order valence-electron chi connectivity index (χ4n) is 1.83. The number of aliphatic carboxylic acids is 1. The van der Waals surface area contributed by atoms with Crippen molar-refractivity contribution < 1.29 is 18.3 Å². The van der Waals surface area contributed by atoms with E-state index in [0.717, 1.165) is 0 Å². The topological polar surface area (TPSA) is 122 Å². The van der Waals surface area contributed by atoms with Crippen LogP contribution in [0, 0.1) is 0 Å². The van der Waals surface area contributed by atoms with Gasteiger partial charge in [0.15, 0.2) is 5.13 Å². The predicted octanol–water partition coefficient (Wildman–Crippen LogP) is 0.217. The lowest BCUT2D eigenvalue weighted by Gasteiger charge is -2.22. The molecule has 1 aromatic rings. The number of sulfone groups is 1. The van der Waals surface area contributed by atoms with Crippen LogP contribution in [0.4, 0.5) is 5.13 Å². The molecule has 4 N–H and O–H groups in total. The minimum Gasteiger partial charge on any atom is -0.480 e. The van der Waals surface area contributed by atoms with Crippen LogP contribution in [0.3, 0.4) is 0 Å². The summed E-state index contributed by atoms with van der Waals surface area (Å²) in [5.41, 5.74) is 5.77. The molecule has 2 rings (SSSR count). The minimum atomic E-state index is -2.88. The summed E-state index contributed by atoms with van der Waals surface area (Å²) >= 11 is 1.27. The molecule has 2 heterocycles. The maximum atomic E-state index is 11.3. The highest BCUT2D eigenvalue weighted by atomic mass is 32.2. The Hall–Kier alpha value is -1.19. The van der Waals surface area contributed by atoms with E-state index in [4.69, 9.17) is 10.8 Å². The van der Waals surface area contributed by atoms with Crippen LogP contribution in [0.2, 0.25) is 0 Å². The smallest absolute Gasteiger partial charge is 0.326 e. The van der Waals surface area contributed by atoms with Crippen molar-refractivity contribution in [2.45, 2.75) is 24.9 Å². The number of rotatable bonds is 4. The third-order valence-electron chi connectivity index (χ3n) is 2.99. The van der Waals surface area contributed by atoms with E-state index in [2.05, 4.69) is 10.3 Å². The van der Waals surface area contributed by atoms with Gasteiger partial charge < -0.3 is 16.2 Å². The normalized spacial score (nSPS) is 20.9. The summed E-state index contributed by atoms with van der Waals surface area (Å²) in [6, 6.07) is -1.07. The summed E-state index contributed by atoms with van der Waals surface area (Å²) in [6.45, 7) is 0. The van der Waals surface area contributed by atoms with Gasteiger partial charge in [0.2, 0.25) is 0 Å². The summed E-state index contributed by atoms with van der Waals surface area (Å²) in [5, 5.41) is 14.1. The van der Waals surface area contributed by atoms with Crippen LogP contribution in [-0.2, 0) is 14.6 Å². The van der Waals surface area contributed by atoms with Crippen LogP contribution in [-0.4, -0.2) is 42.0 Å². The van der Waals surface area contributed by atoms with Gasteiger partial charge in [-0.05, 0) is 12.8 Å². The van der Waals surface area contributed by atoms with E-state index < -0.39 is 21.8 Å². The first-order chi connectivity index (χ1) is 8.87. The molecule has 0 amide bonds. The Balaban J connectivity index is 1.96. The Kier molecular flexibility index (Phi) is 4.07. The second kappa shape index (κ2) is 5.43. The minimum absolute atomic E-state index is 0.0589. The highest BCUT2D eigenvalue weighted by molar-refractivity contribution is 7.91. The van der Waals surface area contributed by atoms with E-state index in [1.165, 1.54) is 11.3 Å². The molecule has 0 aromatic carbocycles. The second-order valence-corrected chi connectivity index (χ2v) is 7.63. The number of carboxylic acids is 1. The fraction of sp³-hybridized carbons (Fsp3) is 0.600. The number of aromatic nitrogens is 1. The first-order valence-electron chi connectivity index (χ1n) is 5.78. The monoisotopic (exact) mass is 305 g/mol. The van der Waals surface area contributed by atoms with Crippen molar-refractivity contribution in [1.29, 1.82) is 0 Å². The fourth-order valence-corrected chi connectivity index (χ4v) is 4.15. The Morgan fingerprint density at radius 2 is 2.16 bits per heavy atom. The molecular weight excluding hydrogens is 290 g/mol. The number of anilines is 1. The predicted molar refractivity (Wildman–Crippen MR) is 72.0 cm³/mol. The van der Waals surface area contributed by atoms with E-state index in [1.807, 2.05) is 0 Å². The van der Waals surface area contributed by atoms with Crippen molar-refractivity contribution in [3.05, 3.63) is 11.1 Å². The number of hydrogen-bond donors (Lipinski definition) is 3. The number of hydrogen-bond acceptors (Lipinski definition) is 7. The SMILES string of the molecule is NC(C(=O)O)c1csc(NC2CCS(=O)(=O)CC2)n1. The van der Waals surface area contributed by atoms with Crippen LogP contribution in [0.25, 0.3) is 0 Å². The van der Waals surface area contributed by atoms with Crippen molar-refractivity contribution >= 4 is 32.3 Å². The molecule has 106 valence electrons. The highest BCUT2D eigenvalue weighted by Crippen LogP contribution is 2.23. The third-order valence-corrected chi connectivity index (χ3v) is 5.50. The molecule has 0 saturated carbocycles. The molecule has 1 atom stereocenters. The Morgan fingerprint density at radius 3 is 2.74 bits per heavy atom. The van der Waals surface area contributed by atoms with Crippen molar-refractivity contribution in [1.82, 2.24) is 4.98 Å². The summed E-state index contributed by atoms with van der Waals surface area (Å²) < 4.78 is 22.6. The van der Waals surface area contributed by atoms with Gasteiger partial charge in [-0.25, -0.2) is 13.4 Å². The molecule has 9 heteroatoms. The van der Waals surface area contributed by atoms with Gasteiger partial charge in [-0.2, -0.15) is 0 Å². The van der Waals surface area contributed by atoms with Gasteiger partial charge in [0.1, 0.15) is 15.9 Å². The highest BCUT2D eigenvalue weighted by Gasteiger charge is 2.24. The second-order valence-electron chi connectivity index (χ2n) is 4.46. The number of nitrogens with two attached hydrogens (primary N) is 1. The van der Waals surface area contributed by atoms with Gasteiger partial charge in [-0.15, -0.1) is 11.3 Å². The Morgan fingerprint density at radius 1 is 1.53 bits per heavy atom. The van der Waals surface area contributed by atoms with E-state index in [0.29, 0.717) is 23.7 Å². The summed E-state index contributed by atoms with van der Waals surface area (Å²) in [5.74, 6) is -0.768. The molecule has 0 radical (unpaired) electrons. The lowest BCUT2D eigenvalue weighted by Crippen LogP contribution is -2.32. The van der Waals surface area contributed by atoms with Gasteiger partial charge in [0.05, 0.1) is 17.2 Å². The molecular formula is C10H15N3O4S2. The molecule has 19 heavy (non-hydrogen) atoms. The standard InChI is InChI=1S/C10H15N3O4S2/c11-8(9(14)15)7-5-18-10(13-7)12-6-1-3-19(16,17)4-2-6/h5-6,8H,1-4,11H2,(H,12,13)(H,14,15). The lowest BCUT2D eigenvalue weighted by atomic mass is 10.2. The third kappa shape index (κ3) is 3.64. The molecule has 1 aliphatic rings. The van der Waals surface area contributed by atoms with Gasteiger partial charge in [-0.1, -0.05) is 0 Å². The molecule has 1 fully saturated rings. The van der Waals surface area contributed by atoms with Crippen molar-refractivity contribution in [3.63, 3.8) is 0 Å². The molecule has 0 aliphatic carbocycles. The van der Waals surface area contributed by atoms with Crippen molar-refractivity contribution in [3.8, 4) is 0 Å². The van der Waals surface area contributed by atoms with Crippen LogP contribution in [0.1, 0.15) is 24.6 Å². The van der Waals surface area contributed by atoms with E-state index in [9.17, 15) is 13.2 Å². The first-order valence-corrected chi connectivity index (χ1v) is 8.48. The largest absolute Gasteiger partial charge is 0.480 e. The molecule has 1 aliphatic heterocycles. The molecule has 1 saturated heterocycles. The Bertz CT molecular complexity index is 555. The van der Waals surface area contributed by atoms with Crippen LogP contribution in [0.15, 0.2) is 5.38 Å². The van der Waals surface area contributed by atoms with Crippen molar-refractivity contribution in [2.75, 3.05) is 16.8 Å². The molecule has 0 spiro atoms. The van der Waals surface area contributed by atoms with Gasteiger partial charge in [0, 0.05) is 11.4 Å². The van der Waals surface area contributed by atoms with E-state index in [-0.39, 0.29) is 17.5 Å². The quantitative estimate of drug-likeness (QED) is 0.727. The zero-order valence-electron chi connectivity index (χ0n) is 10.1. The molecule has 1 unspecified atom stereocenters. The molecule has 1 aromatic heterocycles. The average Bonchev–Trinajstić information content (AvgIpc) is 2.79. The number of carboxylic acid groups (broad SMARTS) is 1.